The lowest BCUT2D eigenvalue weighted by Gasteiger charge is -2.32. The Kier molecular flexibility index (Phi) is 7.07. The number of hydrogen-bond donors (Lipinski definition) is 2. The number of piperidine rings is 1. The molecule has 0 spiro atoms. The van der Waals surface area contributed by atoms with Crippen LogP contribution in [-0.2, 0) is 6.54 Å². The molecule has 33 heavy (non-hydrogen) atoms. The molecule has 2 N–H and O–H groups in total. The Morgan fingerprint density at radius 1 is 1.24 bits per heavy atom. The molecule has 1 atom stereocenters. The summed E-state index contributed by atoms with van der Waals surface area (Å²) in [6, 6.07) is 13.2. The maximum atomic E-state index is 12.7. The van der Waals surface area contributed by atoms with Crippen LogP contribution in [0.3, 0.4) is 0 Å². The van der Waals surface area contributed by atoms with Gasteiger partial charge in [0.25, 0.3) is 5.56 Å². The number of methoxy groups -OCH3 is 1. The zero-order valence-electron chi connectivity index (χ0n) is 18.8. The lowest BCUT2D eigenvalue weighted by atomic mass is 10.0. The van der Waals surface area contributed by atoms with Crippen LogP contribution >= 0.6 is 11.6 Å². The van der Waals surface area contributed by atoms with Gasteiger partial charge >= 0.3 is 0 Å². The van der Waals surface area contributed by atoms with E-state index in [1.54, 1.807) is 18.2 Å². The summed E-state index contributed by atoms with van der Waals surface area (Å²) >= 11 is 6.59. The number of H-pyrrole nitrogens is 1. The molecular weight excluding hydrogens is 440 g/mol. The van der Waals surface area contributed by atoms with E-state index in [1.807, 2.05) is 18.2 Å². The van der Waals surface area contributed by atoms with Crippen LogP contribution in [0.4, 0.5) is 5.69 Å². The van der Waals surface area contributed by atoms with Crippen molar-refractivity contribution in [3.63, 3.8) is 0 Å². The van der Waals surface area contributed by atoms with Crippen molar-refractivity contribution in [2.45, 2.75) is 31.8 Å². The van der Waals surface area contributed by atoms with Gasteiger partial charge in [-0.05, 0) is 56.8 Å². The summed E-state index contributed by atoms with van der Waals surface area (Å²) in [5.74, 6) is 1.06. The molecular formula is C25H27ClN4O3. The molecule has 1 unspecified atom stereocenters. The first-order valence-electron chi connectivity index (χ1n) is 11.0. The van der Waals surface area contributed by atoms with Crippen LogP contribution in [0.15, 0.2) is 41.2 Å². The Morgan fingerprint density at radius 3 is 2.85 bits per heavy atom. The van der Waals surface area contributed by atoms with Gasteiger partial charge in [0.1, 0.15) is 29.2 Å². The van der Waals surface area contributed by atoms with E-state index in [2.05, 4.69) is 28.3 Å². The summed E-state index contributed by atoms with van der Waals surface area (Å²) < 4.78 is 11.3. The molecule has 2 aromatic carbocycles. The molecule has 172 valence electrons. The van der Waals surface area contributed by atoms with Crippen LogP contribution in [0.1, 0.15) is 30.4 Å². The lowest BCUT2D eigenvalue weighted by Crippen LogP contribution is -2.40. The van der Waals surface area contributed by atoms with Gasteiger partial charge in [-0.15, -0.1) is 0 Å². The summed E-state index contributed by atoms with van der Waals surface area (Å²) in [6.07, 6.45) is 3.55. The van der Waals surface area contributed by atoms with Crippen LogP contribution in [0.2, 0.25) is 5.02 Å². The lowest BCUT2D eigenvalue weighted by molar-refractivity contribution is 0.125. The molecule has 1 aromatic heterocycles. The van der Waals surface area contributed by atoms with Crippen molar-refractivity contribution in [3.05, 3.63) is 62.9 Å². The van der Waals surface area contributed by atoms with Gasteiger partial charge in [-0.3, -0.25) is 4.79 Å². The van der Waals surface area contributed by atoms with Crippen LogP contribution < -0.4 is 20.3 Å². The van der Waals surface area contributed by atoms with E-state index < -0.39 is 0 Å². The van der Waals surface area contributed by atoms with Crippen molar-refractivity contribution >= 4 is 28.2 Å². The van der Waals surface area contributed by atoms with Crippen molar-refractivity contribution in [2.75, 3.05) is 32.6 Å². The minimum absolute atomic E-state index is 0.221. The molecule has 7 nitrogen and oxygen atoms in total. The van der Waals surface area contributed by atoms with Gasteiger partial charge in [0.05, 0.1) is 18.2 Å². The van der Waals surface area contributed by atoms with Crippen molar-refractivity contribution in [1.29, 1.82) is 5.26 Å². The number of ether oxygens (including phenoxy) is 2. The number of likely N-dealkylation sites (tertiary alicyclic amines) is 1. The number of pyridine rings is 1. The summed E-state index contributed by atoms with van der Waals surface area (Å²) in [5, 5.41) is 13.6. The minimum Gasteiger partial charge on any atom is -0.495 e. The van der Waals surface area contributed by atoms with E-state index in [-0.39, 0.29) is 5.56 Å². The monoisotopic (exact) mass is 466 g/mol. The predicted molar refractivity (Wildman–Crippen MR) is 130 cm³/mol. The number of rotatable bonds is 7. The van der Waals surface area contributed by atoms with E-state index in [4.69, 9.17) is 26.3 Å². The molecule has 4 rings (SSSR count). The third-order valence-electron chi connectivity index (χ3n) is 6.16. The SMILES string of the molecule is COc1cc(NCc2cc3ccc(OCC4CCCCN4C)c(Cl)c3[nH]c2=O)ccc1C#N. The number of nitrogens with one attached hydrogen (secondary N) is 2. The third kappa shape index (κ3) is 5.08. The molecule has 1 aliphatic heterocycles. The molecule has 0 saturated carbocycles. The molecule has 2 heterocycles. The van der Waals surface area contributed by atoms with Gasteiger partial charge in [0.15, 0.2) is 0 Å². The molecule has 0 radical (unpaired) electrons. The zero-order valence-corrected chi connectivity index (χ0v) is 19.5. The average molecular weight is 467 g/mol. The van der Waals surface area contributed by atoms with E-state index in [9.17, 15) is 4.79 Å². The van der Waals surface area contributed by atoms with E-state index in [0.717, 1.165) is 24.0 Å². The van der Waals surface area contributed by atoms with E-state index >= 15 is 0 Å². The first-order chi connectivity index (χ1) is 16.0. The van der Waals surface area contributed by atoms with Crippen molar-refractivity contribution in [2.24, 2.45) is 0 Å². The number of nitriles is 1. The van der Waals surface area contributed by atoms with Crippen LogP contribution in [0.25, 0.3) is 10.9 Å². The second-order valence-corrected chi connectivity index (χ2v) is 8.67. The first-order valence-corrected chi connectivity index (χ1v) is 11.4. The van der Waals surface area contributed by atoms with E-state index in [1.165, 1.54) is 20.0 Å². The summed E-state index contributed by atoms with van der Waals surface area (Å²) in [4.78, 5) is 17.9. The van der Waals surface area contributed by atoms with E-state index in [0.29, 0.717) is 52.4 Å². The first kappa shape index (κ1) is 23.0. The molecule has 8 heteroatoms. The van der Waals surface area contributed by atoms with Crippen LogP contribution in [0, 0.1) is 11.3 Å². The van der Waals surface area contributed by atoms with Crippen LogP contribution in [-0.4, -0.2) is 43.2 Å². The maximum Gasteiger partial charge on any atom is 0.253 e. The zero-order chi connectivity index (χ0) is 23.4. The fraction of sp³-hybridized carbons (Fsp3) is 0.360. The number of benzene rings is 2. The number of anilines is 1. The van der Waals surface area contributed by atoms with Gasteiger partial charge in [-0.1, -0.05) is 18.0 Å². The predicted octanol–water partition coefficient (Wildman–Crippen LogP) is 4.54. The van der Waals surface area contributed by atoms with Gasteiger partial charge < -0.3 is 24.7 Å². The standard InChI is InChI=1S/C25H27ClN4O3/c1-30-10-4-3-5-20(30)15-33-21-9-7-16-11-18(25(31)29-24(16)23(21)26)14-28-19-8-6-17(13-27)22(12-19)32-2/h6-9,11-12,20,28H,3-5,10,14-15H2,1-2H3,(H,29,31). The second kappa shape index (κ2) is 10.2. The highest BCUT2D eigenvalue weighted by Gasteiger charge is 2.20. The molecule has 0 amide bonds. The number of nitrogens with zero attached hydrogens (tertiary/aromatic N) is 2. The quantitative estimate of drug-likeness (QED) is 0.531. The van der Waals surface area contributed by atoms with Gasteiger partial charge in [0, 0.05) is 35.3 Å². The topological polar surface area (TPSA) is 90.4 Å². The molecule has 0 aliphatic carbocycles. The Labute approximate surface area is 197 Å². The molecule has 3 aromatic rings. The summed E-state index contributed by atoms with van der Waals surface area (Å²) in [6.45, 7) is 1.96. The molecule has 1 fully saturated rings. The summed E-state index contributed by atoms with van der Waals surface area (Å²) in [7, 11) is 3.64. The number of aromatic amines is 1. The Bertz CT molecular complexity index is 1250. The maximum absolute atomic E-state index is 12.7. The Balaban J connectivity index is 1.50. The highest BCUT2D eigenvalue weighted by Crippen LogP contribution is 2.32. The highest BCUT2D eigenvalue weighted by atomic mass is 35.5. The number of aromatic nitrogens is 1. The number of fused-ring (bicyclic) bond motifs is 1. The normalized spacial score (nSPS) is 16.4. The van der Waals surface area contributed by atoms with Crippen molar-refractivity contribution < 1.29 is 9.47 Å². The third-order valence-corrected chi connectivity index (χ3v) is 6.53. The highest BCUT2D eigenvalue weighted by molar-refractivity contribution is 6.36. The molecule has 0 bridgehead atoms. The Morgan fingerprint density at radius 2 is 2.09 bits per heavy atom. The van der Waals surface area contributed by atoms with Gasteiger partial charge in [-0.2, -0.15) is 5.26 Å². The summed E-state index contributed by atoms with van der Waals surface area (Å²) in [5.41, 5.74) is 2.12. The fourth-order valence-corrected chi connectivity index (χ4v) is 4.41. The van der Waals surface area contributed by atoms with Crippen molar-refractivity contribution in [1.82, 2.24) is 9.88 Å². The molecule has 1 aliphatic rings. The molecule has 1 saturated heterocycles. The Hall–Kier alpha value is -3.21. The second-order valence-electron chi connectivity index (χ2n) is 8.29. The fourth-order valence-electron chi connectivity index (χ4n) is 4.14. The average Bonchev–Trinajstić information content (AvgIpc) is 2.83. The smallest absolute Gasteiger partial charge is 0.253 e. The van der Waals surface area contributed by atoms with Gasteiger partial charge in [0.2, 0.25) is 0 Å². The van der Waals surface area contributed by atoms with Crippen LogP contribution in [0.5, 0.6) is 11.5 Å². The van der Waals surface area contributed by atoms with Crippen molar-refractivity contribution in [3.8, 4) is 17.6 Å². The number of likely N-dealkylation sites (N-methyl/N-ethyl adjacent to an activating group) is 1. The number of halogens is 1. The largest absolute Gasteiger partial charge is 0.495 e. The minimum atomic E-state index is -0.221. The van der Waals surface area contributed by atoms with Gasteiger partial charge in [-0.25, -0.2) is 0 Å². The number of hydrogen-bond acceptors (Lipinski definition) is 6.